The Labute approximate surface area is 107 Å². The van der Waals surface area contributed by atoms with Gasteiger partial charge in [-0.1, -0.05) is 0 Å². The first kappa shape index (κ1) is 15.7. The van der Waals surface area contributed by atoms with Crippen molar-refractivity contribution in [1.29, 1.82) is 0 Å². The van der Waals surface area contributed by atoms with Gasteiger partial charge in [0.15, 0.2) is 0 Å². The normalized spacial score (nSPS) is 9.28. The van der Waals surface area contributed by atoms with E-state index >= 15 is 0 Å². The number of amides is 4. The van der Waals surface area contributed by atoms with Crippen molar-refractivity contribution in [2.24, 2.45) is 16.6 Å². The van der Waals surface area contributed by atoms with Crippen molar-refractivity contribution < 1.29 is 9.59 Å². The Morgan fingerprint density at radius 2 is 1.78 bits per heavy atom. The van der Waals surface area contributed by atoms with Crippen LogP contribution in [0.3, 0.4) is 0 Å². The second-order valence-corrected chi connectivity index (χ2v) is 3.74. The van der Waals surface area contributed by atoms with Gasteiger partial charge in [-0.3, -0.25) is 0 Å². The number of carbonyl (C=O) groups is 2. The van der Waals surface area contributed by atoms with Crippen LogP contribution in [-0.4, -0.2) is 30.2 Å². The minimum Gasteiger partial charge on any atom is -0.351 e. The Bertz CT molecular complexity index is 372. The first-order chi connectivity index (χ1) is 8.56. The summed E-state index contributed by atoms with van der Waals surface area (Å²) < 4.78 is 0. The Balaban J connectivity index is 4.64. The number of terminal acetylenes is 2. The zero-order valence-corrected chi connectivity index (χ0v) is 10.3. The summed E-state index contributed by atoms with van der Waals surface area (Å²) in [7, 11) is 0. The molecular weight excluding hydrogens is 230 g/mol. The molecule has 0 fully saturated rings. The maximum atomic E-state index is 11.4. The van der Waals surface area contributed by atoms with Gasteiger partial charge in [0.1, 0.15) is 0 Å². The summed E-state index contributed by atoms with van der Waals surface area (Å²) in [6, 6.07) is -1.60. The molecule has 0 heterocycles. The lowest BCUT2D eigenvalue weighted by Gasteiger charge is -2.22. The van der Waals surface area contributed by atoms with Crippen LogP contribution < -0.4 is 5.73 Å². The standard InChI is InChI=1S/C13H17N3O2/c1-4-6-8-11(9-7-5-2)10-16(12(14)17)13(18)15-3/h1-2,11H,3,6-10H2,(H2,14,17). The molecule has 0 rings (SSSR count). The molecule has 0 aromatic heterocycles. The Hall–Kier alpha value is -2.27. The molecule has 0 radical (unpaired) electrons. The molecule has 2 N–H and O–H groups in total. The van der Waals surface area contributed by atoms with Gasteiger partial charge in [0, 0.05) is 19.4 Å². The summed E-state index contributed by atoms with van der Waals surface area (Å²) in [6.07, 6.45) is 12.8. The van der Waals surface area contributed by atoms with Crippen molar-refractivity contribution in [1.82, 2.24) is 4.90 Å². The van der Waals surface area contributed by atoms with E-state index in [-0.39, 0.29) is 12.5 Å². The largest absolute Gasteiger partial charge is 0.351 e. The fourth-order valence-electron chi connectivity index (χ4n) is 1.51. The number of carbonyl (C=O) groups excluding carboxylic acids is 2. The summed E-state index contributed by atoms with van der Waals surface area (Å²) >= 11 is 0. The van der Waals surface area contributed by atoms with E-state index in [0.29, 0.717) is 25.7 Å². The van der Waals surface area contributed by atoms with Gasteiger partial charge in [-0.15, -0.1) is 24.7 Å². The van der Waals surface area contributed by atoms with Crippen molar-refractivity contribution in [2.75, 3.05) is 6.54 Å². The maximum Gasteiger partial charge on any atom is 0.351 e. The molecule has 0 spiro atoms. The van der Waals surface area contributed by atoms with Crippen LogP contribution in [0.5, 0.6) is 0 Å². The molecule has 0 atom stereocenters. The van der Waals surface area contributed by atoms with Gasteiger partial charge < -0.3 is 5.73 Å². The van der Waals surface area contributed by atoms with Gasteiger partial charge in [0.25, 0.3) is 0 Å². The molecule has 5 nitrogen and oxygen atoms in total. The fourth-order valence-corrected chi connectivity index (χ4v) is 1.51. The van der Waals surface area contributed by atoms with E-state index in [4.69, 9.17) is 18.6 Å². The first-order valence-electron chi connectivity index (χ1n) is 5.51. The van der Waals surface area contributed by atoms with Crippen LogP contribution >= 0.6 is 0 Å². The Kier molecular flexibility index (Phi) is 7.72. The second kappa shape index (κ2) is 8.83. The Morgan fingerprint density at radius 3 is 2.11 bits per heavy atom. The average Bonchev–Trinajstić information content (AvgIpc) is 2.36. The molecule has 0 aliphatic heterocycles. The highest BCUT2D eigenvalue weighted by molar-refractivity contribution is 5.94. The number of aliphatic imine (C=N–C) groups is 1. The summed E-state index contributed by atoms with van der Waals surface area (Å²) in [6.45, 7) is 3.25. The summed E-state index contributed by atoms with van der Waals surface area (Å²) in [5.41, 5.74) is 5.12. The van der Waals surface area contributed by atoms with Crippen LogP contribution in [0.2, 0.25) is 0 Å². The van der Waals surface area contributed by atoms with Crippen LogP contribution in [-0.2, 0) is 0 Å². The molecule has 5 heteroatoms. The van der Waals surface area contributed by atoms with Gasteiger partial charge in [-0.05, 0) is 25.5 Å². The number of nitrogens with two attached hydrogens (primary N) is 1. The highest BCUT2D eigenvalue weighted by Gasteiger charge is 2.21. The van der Waals surface area contributed by atoms with Crippen molar-refractivity contribution >= 4 is 18.8 Å². The third kappa shape index (κ3) is 5.72. The van der Waals surface area contributed by atoms with Crippen molar-refractivity contribution in [3.05, 3.63) is 0 Å². The van der Waals surface area contributed by atoms with Crippen LogP contribution in [0, 0.1) is 30.6 Å². The lowest BCUT2D eigenvalue weighted by atomic mass is 9.97. The molecule has 0 saturated heterocycles. The highest BCUT2D eigenvalue weighted by Crippen LogP contribution is 2.15. The number of hydrogen-bond acceptors (Lipinski definition) is 2. The minimum absolute atomic E-state index is 0.0234. The number of primary amides is 1. The van der Waals surface area contributed by atoms with E-state index in [1.165, 1.54) is 0 Å². The monoisotopic (exact) mass is 247 g/mol. The summed E-state index contributed by atoms with van der Waals surface area (Å²) in [5, 5.41) is 0. The number of hydrogen-bond donors (Lipinski definition) is 1. The number of urea groups is 2. The zero-order chi connectivity index (χ0) is 14.0. The highest BCUT2D eigenvalue weighted by atomic mass is 16.2. The van der Waals surface area contributed by atoms with E-state index in [1.807, 2.05) is 0 Å². The molecule has 0 aliphatic carbocycles. The Morgan fingerprint density at radius 1 is 1.28 bits per heavy atom. The predicted molar refractivity (Wildman–Crippen MR) is 70.9 cm³/mol. The smallest absolute Gasteiger partial charge is 0.351 e. The van der Waals surface area contributed by atoms with Crippen LogP contribution in [0.25, 0.3) is 0 Å². The van der Waals surface area contributed by atoms with Crippen LogP contribution in [0.15, 0.2) is 4.99 Å². The summed E-state index contributed by atoms with van der Waals surface area (Å²) in [4.78, 5) is 26.5. The molecule has 0 unspecified atom stereocenters. The van der Waals surface area contributed by atoms with Gasteiger partial charge in [-0.2, -0.15) is 0 Å². The van der Waals surface area contributed by atoms with Crippen LogP contribution in [0.1, 0.15) is 25.7 Å². The lowest BCUT2D eigenvalue weighted by molar-refractivity contribution is 0.188. The molecular formula is C13H17N3O2. The minimum atomic E-state index is -0.848. The van der Waals surface area contributed by atoms with Crippen molar-refractivity contribution in [2.45, 2.75) is 25.7 Å². The van der Waals surface area contributed by atoms with E-state index in [2.05, 4.69) is 23.6 Å². The van der Waals surface area contributed by atoms with Crippen molar-refractivity contribution in [3.8, 4) is 24.7 Å². The first-order valence-corrected chi connectivity index (χ1v) is 5.51. The number of imide groups is 1. The van der Waals surface area contributed by atoms with Gasteiger partial charge >= 0.3 is 12.1 Å². The molecule has 0 saturated carbocycles. The number of nitrogens with zero attached hydrogens (tertiary/aromatic N) is 2. The van der Waals surface area contributed by atoms with Crippen molar-refractivity contribution in [3.63, 3.8) is 0 Å². The predicted octanol–water partition coefficient (Wildman–Crippen LogP) is 1.63. The van der Waals surface area contributed by atoms with E-state index in [0.717, 1.165) is 4.90 Å². The lowest BCUT2D eigenvalue weighted by Crippen LogP contribution is -2.42. The van der Waals surface area contributed by atoms with E-state index in [9.17, 15) is 9.59 Å². The third-order valence-electron chi connectivity index (χ3n) is 2.47. The SMILES string of the molecule is C#CCCC(CCC#C)CN(C(N)=O)C(=O)N=C. The van der Waals surface area contributed by atoms with Gasteiger partial charge in [-0.25, -0.2) is 19.5 Å². The van der Waals surface area contributed by atoms with Gasteiger partial charge in [0.2, 0.25) is 0 Å². The molecule has 96 valence electrons. The zero-order valence-electron chi connectivity index (χ0n) is 10.3. The van der Waals surface area contributed by atoms with Crippen LogP contribution in [0.4, 0.5) is 9.59 Å². The molecule has 0 aromatic carbocycles. The topological polar surface area (TPSA) is 75.8 Å². The fraction of sp³-hybridized carbons (Fsp3) is 0.462. The molecule has 0 aromatic rings. The third-order valence-corrected chi connectivity index (χ3v) is 2.47. The molecule has 4 amide bonds. The average molecular weight is 247 g/mol. The van der Waals surface area contributed by atoms with Gasteiger partial charge in [0.05, 0.1) is 0 Å². The second-order valence-electron chi connectivity index (χ2n) is 3.74. The molecule has 18 heavy (non-hydrogen) atoms. The molecule has 0 bridgehead atoms. The molecule has 0 aliphatic rings. The number of rotatable bonds is 6. The quantitative estimate of drug-likeness (QED) is 0.572. The maximum absolute atomic E-state index is 11.4. The van der Waals surface area contributed by atoms with E-state index < -0.39 is 12.1 Å². The summed E-state index contributed by atoms with van der Waals surface area (Å²) in [5.74, 6) is 5.05. The van der Waals surface area contributed by atoms with E-state index in [1.54, 1.807) is 0 Å².